The molecule has 2 aromatic carbocycles. The third kappa shape index (κ3) is 8.07. The van der Waals surface area contributed by atoms with Crippen LogP contribution in [0.3, 0.4) is 0 Å². The van der Waals surface area contributed by atoms with Gasteiger partial charge in [-0.1, -0.05) is 24.3 Å². The van der Waals surface area contributed by atoms with Crippen molar-refractivity contribution in [2.24, 2.45) is 0 Å². The molecule has 0 saturated heterocycles. The first-order valence-electron chi connectivity index (χ1n) is 9.75. The number of thioether (sulfide) groups is 1. The molecule has 0 aromatic heterocycles. The molecule has 0 aliphatic rings. The Bertz CT molecular complexity index is 732. The van der Waals surface area contributed by atoms with Gasteiger partial charge in [-0.2, -0.15) is 11.8 Å². The van der Waals surface area contributed by atoms with Crippen molar-refractivity contribution < 1.29 is 19.1 Å². The molecule has 2 N–H and O–H groups in total. The van der Waals surface area contributed by atoms with E-state index in [0.717, 1.165) is 0 Å². The molecule has 0 bridgehead atoms. The van der Waals surface area contributed by atoms with Crippen molar-refractivity contribution in [3.8, 4) is 11.5 Å². The van der Waals surface area contributed by atoms with Gasteiger partial charge in [0.25, 0.3) is 0 Å². The first-order valence-corrected chi connectivity index (χ1v) is 10.9. The van der Waals surface area contributed by atoms with Crippen LogP contribution in [0.15, 0.2) is 48.5 Å². The van der Waals surface area contributed by atoms with Crippen molar-refractivity contribution in [3.05, 3.63) is 48.5 Å². The zero-order chi connectivity index (χ0) is 20.9. The molecule has 0 radical (unpaired) electrons. The van der Waals surface area contributed by atoms with Crippen LogP contribution < -0.4 is 20.1 Å². The van der Waals surface area contributed by atoms with Crippen LogP contribution in [0.2, 0.25) is 0 Å². The van der Waals surface area contributed by atoms with E-state index in [9.17, 15) is 9.59 Å². The lowest BCUT2D eigenvalue weighted by molar-refractivity contribution is -0.116. The Labute approximate surface area is 176 Å². The average molecular weight is 417 g/mol. The maximum atomic E-state index is 12.1. The zero-order valence-electron chi connectivity index (χ0n) is 16.9. The van der Waals surface area contributed by atoms with Gasteiger partial charge in [0.05, 0.1) is 24.6 Å². The molecule has 6 nitrogen and oxygen atoms in total. The third-order valence-electron chi connectivity index (χ3n) is 3.87. The van der Waals surface area contributed by atoms with Crippen LogP contribution in [-0.2, 0) is 9.59 Å². The fraction of sp³-hybridized carbons (Fsp3) is 0.364. The van der Waals surface area contributed by atoms with Crippen LogP contribution in [0.25, 0.3) is 0 Å². The second-order valence-corrected chi connectivity index (χ2v) is 7.29. The maximum absolute atomic E-state index is 12.1. The molecule has 29 heavy (non-hydrogen) atoms. The number of para-hydroxylation sites is 4. The van der Waals surface area contributed by atoms with Crippen LogP contribution in [-0.4, -0.2) is 36.5 Å². The van der Waals surface area contributed by atoms with Crippen molar-refractivity contribution >= 4 is 35.0 Å². The molecule has 0 spiro atoms. The van der Waals surface area contributed by atoms with E-state index in [0.29, 0.717) is 60.4 Å². The zero-order valence-corrected chi connectivity index (χ0v) is 17.7. The van der Waals surface area contributed by atoms with E-state index in [2.05, 4.69) is 10.6 Å². The van der Waals surface area contributed by atoms with Gasteiger partial charge in [-0.3, -0.25) is 9.59 Å². The molecule has 0 saturated carbocycles. The van der Waals surface area contributed by atoms with Crippen LogP contribution in [0.5, 0.6) is 11.5 Å². The molecule has 0 atom stereocenters. The maximum Gasteiger partial charge on any atom is 0.225 e. The van der Waals surface area contributed by atoms with Crippen LogP contribution in [0.1, 0.15) is 26.7 Å². The van der Waals surface area contributed by atoms with Gasteiger partial charge in [-0.15, -0.1) is 0 Å². The Morgan fingerprint density at radius 1 is 0.759 bits per heavy atom. The lowest BCUT2D eigenvalue weighted by Gasteiger charge is -2.11. The number of nitrogens with one attached hydrogen (secondary N) is 2. The van der Waals surface area contributed by atoms with Crippen molar-refractivity contribution in [2.75, 3.05) is 35.4 Å². The summed E-state index contributed by atoms with van der Waals surface area (Å²) in [5, 5.41) is 5.75. The Hall–Kier alpha value is -2.67. The van der Waals surface area contributed by atoms with Crippen molar-refractivity contribution in [2.45, 2.75) is 26.7 Å². The number of hydrogen-bond acceptors (Lipinski definition) is 5. The van der Waals surface area contributed by atoms with E-state index in [1.165, 1.54) is 0 Å². The summed E-state index contributed by atoms with van der Waals surface area (Å²) in [7, 11) is 0. The minimum Gasteiger partial charge on any atom is -0.492 e. The second kappa shape index (κ2) is 12.7. The SMILES string of the molecule is CCOc1ccccc1NC(=O)CCSCCC(=O)Nc1ccccc1OCC. The molecule has 0 aliphatic carbocycles. The van der Waals surface area contributed by atoms with E-state index in [1.807, 2.05) is 62.4 Å². The Morgan fingerprint density at radius 3 is 1.59 bits per heavy atom. The normalized spacial score (nSPS) is 10.3. The molecule has 7 heteroatoms. The minimum absolute atomic E-state index is 0.0697. The highest BCUT2D eigenvalue weighted by Crippen LogP contribution is 2.25. The number of rotatable bonds is 12. The van der Waals surface area contributed by atoms with Crippen LogP contribution in [0, 0.1) is 0 Å². The number of hydrogen-bond donors (Lipinski definition) is 2. The molecule has 2 aromatic rings. The molecule has 156 valence electrons. The smallest absolute Gasteiger partial charge is 0.225 e. The van der Waals surface area contributed by atoms with E-state index in [1.54, 1.807) is 11.8 Å². The Morgan fingerprint density at radius 2 is 1.17 bits per heavy atom. The van der Waals surface area contributed by atoms with Crippen molar-refractivity contribution in [3.63, 3.8) is 0 Å². The van der Waals surface area contributed by atoms with Gasteiger partial charge < -0.3 is 20.1 Å². The minimum atomic E-state index is -0.0697. The summed E-state index contributed by atoms with van der Waals surface area (Å²) in [4.78, 5) is 24.3. The number of amides is 2. The second-order valence-electron chi connectivity index (χ2n) is 6.07. The molecule has 2 amide bonds. The summed E-state index contributed by atoms with van der Waals surface area (Å²) in [6.07, 6.45) is 0.750. The first-order chi connectivity index (χ1) is 14.1. The van der Waals surface area contributed by atoms with E-state index in [-0.39, 0.29) is 11.8 Å². The lowest BCUT2D eigenvalue weighted by Crippen LogP contribution is -2.15. The average Bonchev–Trinajstić information content (AvgIpc) is 2.71. The fourth-order valence-corrected chi connectivity index (χ4v) is 3.42. The molecular weight excluding hydrogens is 388 g/mol. The fourth-order valence-electron chi connectivity index (χ4n) is 2.56. The predicted octanol–water partition coefficient (Wildman–Crippen LogP) is 4.57. The topological polar surface area (TPSA) is 76.7 Å². The molecule has 0 fully saturated rings. The van der Waals surface area contributed by atoms with Gasteiger partial charge >= 0.3 is 0 Å². The van der Waals surface area contributed by atoms with Gasteiger partial charge in [-0.05, 0) is 38.1 Å². The van der Waals surface area contributed by atoms with E-state index >= 15 is 0 Å². The Kier molecular flexibility index (Phi) is 9.92. The first kappa shape index (κ1) is 22.6. The highest BCUT2D eigenvalue weighted by molar-refractivity contribution is 7.99. The Balaban J connectivity index is 1.67. The number of benzene rings is 2. The van der Waals surface area contributed by atoms with Gasteiger partial charge in [-0.25, -0.2) is 0 Å². The summed E-state index contributed by atoms with van der Waals surface area (Å²) in [6.45, 7) is 4.89. The number of carbonyl (C=O) groups is 2. The quantitative estimate of drug-likeness (QED) is 0.496. The summed E-state index contributed by atoms with van der Waals surface area (Å²) in [5.74, 6) is 2.48. The number of carbonyl (C=O) groups excluding carboxylic acids is 2. The monoisotopic (exact) mass is 416 g/mol. The molecular formula is C22H28N2O4S. The standard InChI is InChI=1S/C22H28N2O4S/c1-3-27-19-11-7-5-9-17(19)23-21(25)13-15-29-16-14-22(26)24-18-10-6-8-12-20(18)28-4-2/h5-12H,3-4,13-16H2,1-2H3,(H,23,25)(H,24,26). The highest BCUT2D eigenvalue weighted by Gasteiger charge is 2.09. The predicted molar refractivity (Wildman–Crippen MR) is 119 cm³/mol. The van der Waals surface area contributed by atoms with Gasteiger partial charge in [0.1, 0.15) is 11.5 Å². The largest absolute Gasteiger partial charge is 0.492 e. The van der Waals surface area contributed by atoms with Gasteiger partial charge in [0.15, 0.2) is 0 Å². The third-order valence-corrected chi connectivity index (χ3v) is 4.85. The molecule has 0 heterocycles. The summed E-state index contributed by atoms with van der Waals surface area (Å²) >= 11 is 1.58. The van der Waals surface area contributed by atoms with Crippen molar-refractivity contribution in [1.82, 2.24) is 0 Å². The van der Waals surface area contributed by atoms with Crippen molar-refractivity contribution in [1.29, 1.82) is 0 Å². The van der Waals surface area contributed by atoms with Gasteiger partial charge in [0.2, 0.25) is 11.8 Å². The highest BCUT2D eigenvalue weighted by atomic mass is 32.2. The number of anilines is 2. The van der Waals surface area contributed by atoms with Gasteiger partial charge in [0, 0.05) is 24.3 Å². The van der Waals surface area contributed by atoms with E-state index < -0.39 is 0 Å². The van der Waals surface area contributed by atoms with Crippen LogP contribution in [0.4, 0.5) is 11.4 Å². The molecule has 0 unspecified atom stereocenters. The number of ether oxygens (including phenoxy) is 2. The summed E-state index contributed by atoms with van der Waals surface area (Å²) < 4.78 is 11.0. The molecule has 2 rings (SSSR count). The summed E-state index contributed by atoms with van der Waals surface area (Å²) in [5.41, 5.74) is 1.35. The van der Waals surface area contributed by atoms with Crippen LogP contribution >= 0.6 is 11.8 Å². The molecule has 0 aliphatic heterocycles. The lowest BCUT2D eigenvalue weighted by atomic mass is 10.3. The van der Waals surface area contributed by atoms with E-state index in [4.69, 9.17) is 9.47 Å². The summed E-state index contributed by atoms with van der Waals surface area (Å²) in [6, 6.07) is 14.8.